The second kappa shape index (κ2) is 10.4. The minimum Gasteiger partial charge on any atom is -0.505 e. The number of aliphatic imine (C=N–C) groups is 1. The monoisotopic (exact) mass is 522 g/mol. The number of benzene rings is 2. The van der Waals surface area contributed by atoms with E-state index in [0.717, 1.165) is 47.4 Å². The number of rotatable bonds is 7. The summed E-state index contributed by atoms with van der Waals surface area (Å²) in [5, 5.41) is 17.8. The van der Waals surface area contributed by atoms with E-state index in [1.165, 1.54) is 5.56 Å². The number of ether oxygens (including phenoxy) is 1. The number of amidine groups is 1. The maximum atomic E-state index is 14.0. The highest BCUT2D eigenvalue weighted by atomic mass is 35.5. The summed E-state index contributed by atoms with van der Waals surface area (Å²) in [4.78, 5) is 6.50. The standard InChI is InChI=1S/C27H28ClFN6O2/c1-34(2)13-16-5-3-4-6-19(16)17-9-24-26(32-18-7-8-37-15-18)20(12-31-35(24)14-17)27(30)33-23-11-22(29)25(36)10-21(23)28/h3-6,9-12,14,18,32,36H,7-8,13,15H2,1-2H3,(H2,30,33). The molecule has 1 aliphatic heterocycles. The van der Waals surface area contributed by atoms with Crippen molar-refractivity contribution in [3.8, 4) is 16.9 Å². The molecule has 1 unspecified atom stereocenters. The van der Waals surface area contributed by atoms with E-state index in [1.54, 1.807) is 6.20 Å². The SMILES string of the molecule is CN(C)Cc1ccccc1-c1cc2c(NC3CCOC3)c(C(N)=Nc3cc(F)c(O)cc3Cl)cnn2c1. The van der Waals surface area contributed by atoms with Crippen molar-refractivity contribution >= 4 is 34.3 Å². The van der Waals surface area contributed by atoms with E-state index in [9.17, 15) is 9.50 Å². The number of fused-ring (bicyclic) bond motifs is 1. The summed E-state index contributed by atoms with van der Waals surface area (Å²) in [6.07, 6.45) is 4.47. The van der Waals surface area contributed by atoms with Gasteiger partial charge in [-0.15, -0.1) is 0 Å². The van der Waals surface area contributed by atoms with Crippen LogP contribution in [0, 0.1) is 5.82 Å². The predicted octanol–water partition coefficient (Wildman–Crippen LogP) is 4.80. The van der Waals surface area contributed by atoms with E-state index in [2.05, 4.69) is 38.5 Å². The zero-order chi connectivity index (χ0) is 26.1. The number of aromatic nitrogens is 2. The molecule has 5 rings (SSSR count). The van der Waals surface area contributed by atoms with Gasteiger partial charge in [0, 0.05) is 37.0 Å². The highest BCUT2D eigenvalue weighted by Crippen LogP contribution is 2.34. The van der Waals surface area contributed by atoms with Gasteiger partial charge in [-0.1, -0.05) is 35.9 Å². The fourth-order valence-corrected chi connectivity index (χ4v) is 4.68. The molecular weight excluding hydrogens is 495 g/mol. The lowest BCUT2D eigenvalue weighted by atomic mass is 10.0. The largest absolute Gasteiger partial charge is 0.505 e. The number of aromatic hydroxyl groups is 1. The van der Waals surface area contributed by atoms with Gasteiger partial charge in [0.1, 0.15) is 5.84 Å². The van der Waals surface area contributed by atoms with Gasteiger partial charge in [0.2, 0.25) is 0 Å². The van der Waals surface area contributed by atoms with Gasteiger partial charge in [0.15, 0.2) is 11.6 Å². The maximum absolute atomic E-state index is 14.0. The molecule has 0 bridgehead atoms. The molecule has 1 saturated heterocycles. The first-order valence-electron chi connectivity index (χ1n) is 11.9. The van der Waals surface area contributed by atoms with Crippen molar-refractivity contribution in [3.63, 3.8) is 0 Å². The summed E-state index contributed by atoms with van der Waals surface area (Å²) in [6.45, 7) is 2.04. The number of hydrogen-bond acceptors (Lipinski definition) is 6. The first-order valence-corrected chi connectivity index (χ1v) is 12.3. The molecule has 4 N–H and O–H groups in total. The molecule has 3 heterocycles. The van der Waals surface area contributed by atoms with Crippen molar-refractivity contribution in [1.82, 2.24) is 14.5 Å². The molecule has 4 aromatic rings. The molecule has 0 aliphatic carbocycles. The maximum Gasteiger partial charge on any atom is 0.167 e. The van der Waals surface area contributed by atoms with Crippen LogP contribution >= 0.6 is 11.6 Å². The Bertz CT molecular complexity index is 1480. The van der Waals surface area contributed by atoms with Crippen LogP contribution in [0.5, 0.6) is 5.75 Å². The van der Waals surface area contributed by atoms with Gasteiger partial charge in [-0.05, 0) is 37.7 Å². The van der Waals surface area contributed by atoms with Gasteiger partial charge in [-0.3, -0.25) is 0 Å². The lowest BCUT2D eigenvalue weighted by Gasteiger charge is -2.17. The third kappa shape index (κ3) is 5.24. The van der Waals surface area contributed by atoms with Crippen LogP contribution in [-0.4, -0.2) is 58.8 Å². The van der Waals surface area contributed by atoms with Gasteiger partial charge < -0.3 is 25.8 Å². The number of nitrogens with zero attached hydrogens (tertiary/aromatic N) is 4. The van der Waals surface area contributed by atoms with E-state index in [4.69, 9.17) is 22.1 Å². The van der Waals surface area contributed by atoms with Crippen molar-refractivity contribution in [2.24, 2.45) is 10.7 Å². The Hall–Kier alpha value is -3.66. The quantitative estimate of drug-likeness (QED) is 0.238. The fraction of sp³-hybridized carbons (Fsp3) is 0.259. The van der Waals surface area contributed by atoms with E-state index in [0.29, 0.717) is 18.8 Å². The normalized spacial score (nSPS) is 16.1. The van der Waals surface area contributed by atoms with E-state index in [1.807, 2.05) is 36.9 Å². The van der Waals surface area contributed by atoms with Crippen molar-refractivity contribution < 1.29 is 14.2 Å². The zero-order valence-corrected chi connectivity index (χ0v) is 21.3. The van der Waals surface area contributed by atoms with Crippen LogP contribution < -0.4 is 11.1 Å². The van der Waals surface area contributed by atoms with Crippen LogP contribution in [0.15, 0.2) is 59.9 Å². The lowest BCUT2D eigenvalue weighted by Crippen LogP contribution is -2.24. The Kier molecular flexibility index (Phi) is 7.01. The molecule has 2 aromatic heterocycles. The number of anilines is 1. The Morgan fingerprint density at radius 2 is 2.14 bits per heavy atom. The first-order chi connectivity index (χ1) is 17.8. The third-order valence-corrected chi connectivity index (χ3v) is 6.57. The summed E-state index contributed by atoms with van der Waals surface area (Å²) in [5.41, 5.74) is 12.0. The van der Waals surface area contributed by atoms with Crippen molar-refractivity contribution in [2.45, 2.75) is 19.0 Å². The number of hydrogen-bond donors (Lipinski definition) is 3. The highest BCUT2D eigenvalue weighted by Gasteiger charge is 2.22. The van der Waals surface area contributed by atoms with Crippen LogP contribution in [0.25, 0.3) is 16.6 Å². The van der Waals surface area contributed by atoms with Crippen molar-refractivity contribution in [2.75, 3.05) is 32.6 Å². The zero-order valence-electron chi connectivity index (χ0n) is 20.6. The number of nitrogens with two attached hydrogens (primary N) is 1. The number of phenols is 1. The molecule has 0 saturated carbocycles. The van der Waals surface area contributed by atoms with Crippen LogP contribution in [0.2, 0.25) is 5.02 Å². The van der Waals surface area contributed by atoms with Gasteiger partial charge in [-0.25, -0.2) is 13.9 Å². The van der Waals surface area contributed by atoms with E-state index < -0.39 is 11.6 Å². The van der Waals surface area contributed by atoms with E-state index >= 15 is 0 Å². The molecule has 0 amide bonds. The highest BCUT2D eigenvalue weighted by molar-refractivity contribution is 6.33. The molecule has 37 heavy (non-hydrogen) atoms. The van der Waals surface area contributed by atoms with Gasteiger partial charge in [-0.2, -0.15) is 5.10 Å². The molecule has 192 valence electrons. The molecular formula is C27H28ClFN6O2. The minimum absolute atomic E-state index is 0.0806. The molecule has 2 aromatic carbocycles. The fourth-order valence-electron chi connectivity index (χ4n) is 4.48. The summed E-state index contributed by atoms with van der Waals surface area (Å²) in [6, 6.07) is 12.6. The molecule has 10 heteroatoms. The van der Waals surface area contributed by atoms with Gasteiger partial charge in [0.25, 0.3) is 0 Å². The molecule has 1 aliphatic rings. The van der Waals surface area contributed by atoms with Crippen molar-refractivity contribution in [1.29, 1.82) is 0 Å². The summed E-state index contributed by atoms with van der Waals surface area (Å²) in [5.74, 6) is -1.28. The Morgan fingerprint density at radius 3 is 2.89 bits per heavy atom. The lowest BCUT2D eigenvalue weighted by molar-refractivity contribution is 0.195. The minimum atomic E-state index is -0.835. The second-order valence-corrected chi connectivity index (χ2v) is 9.75. The Labute approximate surface area is 219 Å². The van der Waals surface area contributed by atoms with Crippen LogP contribution in [-0.2, 0) is 11.3 Å². The smallest absolute Gasteiger partial charge is 0.167 e. The number of nitrogens with one attached hydrogen (secondary N) is 1. The third-order valence-electron chi connectivity index (χ3n) is 6.26. The summed E-state index contributed by atoms with van der Waals surface area (Å²) in [7, 11) is 4.09. The summed E-state index contributed by atoms with van der Waals surface area (Å²) < 4.78 is 21.4. The second-order valence-electron chi connectivity index (χ2n) is 9.34. The average Bonchev–Trinajstić information content (AvgIpc) is 3.53. The van der Waals surface area contributed by atoms with Gasteiger partial charge in [0.05, 0.1) is 46.3 Å². The summed E-state index contributed by atoms with van der Waals surface area (Å²) >= 11 is 6.18. The van der Waals surface area contributed by atoms with Crippen molar-refractivity contribution in [3.05, 3.63) is 76.8 Å². The molecule has 0 radical (unpaired) electrons. The Morgan fingerprint density at radius 1 is 1.32 bits per heavy atom. The number of phenolic OH excluding ortho intramolecular Hbond substituents is 1. The average molecular weight is 523 g/mol. The molecule has 1 fully saturated rings. The Balaban J connectivity index is 1.63. The first kappa shape index (κ1) is 25.0. The molecule has 8 nitrogen and oxygen atoms in total. The van der Waals surface area contributed by atoms with E-state index in [-0.39, 0.29) is 22.6 Å². The molecule has 0 spiro atoms. The van der Waals surface area contributed by atoms with Crippen LogP contribution in [0.1, 0.15) is 17.5 Å². The van der Waals surface area contributed by atoms with Crippen LogP contribution in [0.4, 0.5) is 15.8 Å². The molecule has 1 atom stereocenters. The topological polar surface area (TPSA) is 100 Å². The van der Waals surface area contributed by atoms with Crippen LogP contribution in [0.3, 0.4) is 0 Å². The van der Waals surface area contributed by atoms with Gasteiger partial charge >= 0.3 is 0 Å². The number of halogens is 2. The predicted molar refractivity (Wildman–Crippen MR) is 144 cm³/mol.